The van der Waals surface area contributed by atoms with Crippen molar-refractivity contribution in [1.29, 1.82) is 0 Å². The monoisotopic (exact) mass is 502 g/mol. The number of hydrogen-bond donors (Lipinski definition) is 0. The zero-order valence-corrected chi connectivity index (χ0v) is 21.6. The zero-order valence-electron chi connectivity index (χ0n) is 20.8. The van der Waals surface area contributed by atoms with Crippen LogP contribution < -0.4 is 4.90 Å². The second kappa shape index (κ2) is 15.9. The Labute approximate surface area is 211 Å². The first-order valence-electron chi connectivity index (χ1n) is 10.7. The number of carbonyl (C=O) groups is 4. The van der Waals surface area contributed by atoms with Gasteiger partial charge in [0.05, 0.1) is 28.5 Å². The Hall–Kier alpha value is -3.83. The fourth-order valence-corrected chi connectivity index (χ4v) is 3.24. The third-order valence-corrected chi connectivity index (χ3v) is 4.88. The number of hydrogen-bond acceptors (Lipinski definition) is 6. The summed E-state index contributed by atoms with van der Waals surface area (Å²) >= 11 is 6.42. The number of ether oxygens (including phenoxy) is 2. The molecule has 0 heterocycles. The molecule has 1 rings (SSSR count). The summed E-state index contributed by atoms with van der Waals surface area (Å²) in [5.41, 5.74) is 1.03. The molecule has 9 heteroatoms. The van der Waals surface area contributed by atoms with Crippen LogP contribution in [-0.4, -0.2) is 49.4 Å². The van der Waals surface area contributed by atoms with Gasteiger partial charge in [0.15, 0.2) is 5.76 Å². The lowest BCUT2D eigenvalue weighted by molar-refractivity contribution is -0.163. The number of nitrogens with zero attached hydrogens (tertiary/aromatic N) is 2. The van der Waals surface area contributed by atoms with Gasteiger partial charge in [-0.05, 0) is 52.8 Å². The normalized spacial score (nSPS) is 11.5. The van der Waals surface area contributed by atoms with Crippen LogP contribution in [0.5, 0.6) is 0 Å². The van der Waals surface area contributed by atoms with Gasteiger partial charge in [0.25, 0.3) is 5.91 Å². The molecule has 0 aromatic heterocycles. The van der Waals surface area contributed by atoms with E-state index in [-0.39, 0.29) is 34.2 Å². The van der Waals surface area contributed by atoms with Gasteiger partial charge in [-0.2, -0.15) is 0 Å². The van der Waals surface area contributed by atoms with Gasteiger partial charge in [-0.25, -0.2) is 9.59 Å². The molecule has 0 aliphatic carbocycles. The SMILES string of the molecule is C#C.C/C=C\C(=C/C)N(CC)C(=O)/C(C)=C(\OC(=O)C(=O)OCC)c1c(Cl)cccc1N(C)C=O. The number of rotatable bonds is 9. The van der Waals surface area contributed by atoms with Gasteiger partial charge < -0.3 is 19.3 Å². The number of halogens is 1. The molecular formula is C26H31ClN2O6. The van der Waals surface area contributed by atoms with Crippen LogP contribution in [0, 0.1) is 12.8 Å². The molecule has 8 nitrogen and oxygen atoms in total. The van der Waals surface area contributed by atoms with Crippen molar-refractivity contribution in [3.63, 3.8) is 0 Å². The van der Waals surface area contributed by atoms with E-state index >= 15 is 0 Å². The van der Waals surface area contributed by atoms with Crippen molar-refractivity contribution in [2.75, 3.05) is 25.1 Å². The maximum Gasteiger partial charge on any atom is 0.422 e. The van der Waals surface area contributed by atoms with Crippen molar-refractivity contribution in [2.24, 2.45) is 0 Å². The lowest BCUT2D eigenvalue weighted by atomic mass is 10.0. The van der Waals surface area contributed by atoms with Crippen molar-refractivity contribution in [2.45, 2.75) is 34.6 Å². The first-order valence-corrected chi connectivity index (χ1v) is 11.1. The van der Waals surface area contributed by atoms with Crippen molar-refractivity contribution in [3.05, 3.63) is 58.3 Å². The lowest BCUT2D eigenvalue weighted by Gasteiger charge is -2.25. The van der Waals surface area contributed by atoms with E-state index in [1.165, 1.54) is 29.8 Å². The molecule has 188 valence electrons. The molecule has 0 bridgehead atoms. The van der Waals surface area contributed by atoms with Crippen molar-refractivity contribution >= 4 is 47.3 Å². The van der Waals surface area contributed by atoms with Crippen LogP contribution in [-0.2, 0) is 28.7 Å². The van der Waals surface area contributed by atoms with Gasteiger partial charge in [-0.1, -0.05) is 29.8 Å². The van der Waals surface area contributed by atoms with Gasteiger partial charge in [-0.3, -0.25) is 9.59 Å². The Morgan fingerprint density at radius 2 is 1.74 bits per heavy atom. The fourth-order valence-electron chi connectivity index (χ4n) is 2.98. The van der Waals surface area contributed by atoms with E-state index in [9.17, 15) is 19.2 Å². The van der Waals surface area contributed by atoms with E-state index in [1.54, 1.807) is 51.1 Å². The number of anilines is 1. The largest absolute Gasteiger partial charge is 0.458 e. The van der Waals surface area contributed by atoms with Crippen LogP contribution in [0.1, 0.15) is 40.2 Å². The maximum atomic E-state index is 13.5. The molecule has 1 aromatic carbocycles. The third kappa shape index (κ3) is 8.16. The fraction of sp³-hybridized carbons (Fsp3) is 0.308. The van der Waals surface area contributed by atoms with Gasteiger partial charge in [0.2, 0.25) is 6.41 Å². The van der Waals surface area contributed by atoms with Crippen molar-refractivity contribution < 1.29 is 28.7 Å². The molecule has 0 spiro atoms. The molecule has 0 radical (unpaired) electrons. The number of terminal acetylenes is 1. The summed E-state index contributed by atoms with van der Waals surface area (Å²) in [6.07, 6.45) is 13.9. The highest BCUT2D eigenvalue weighted by atomic mass is 35.5. The van der Waals surface area contributed by atoms with E-state index in [0.29, 0.717) is 18.7 Å². The average Bonchev–Trinajstić information content (AvgIpc) is 2.87. The van der Waals surface area contributed by atoms with Gasteiger partial charge >= 0.3 is 11.9 Å². The van der Waals surface area contributed by atoms with Crippen LogP contribution in [0.3, 0.4) is 0 Å². The topological polar surface area (TPSA) is 93.2 Å². The Balaban J connectivity index is 0.00000562. The summed E-state index contributed by atoms with van der Waals surface area (Å²) in [6.45, 7) is 8.69. The molecule has 0 aliphatic heterocycles. The summed E-state index contributed by atoms with van der Waals surface area (Å²) < 4.78 is 10.1. The Bertz CT molecular complexity index is 1040. The Morgan fingerprint density at radius 3 is 2.23 bits per heavy atom. The van der Waals surface area contributed by atoms with Crippen LogP contribution in [0.4, 0.5) is 5.69 Å². The maximum absolute atomic E-state index is 13.5. The van der Waals surface area contributed by atoms with Gasteiger partial charge in [0.1, 0.15) is 0 Å². The molecule has 0 saturated carbocycles. The highest BCUT2D eigenvalue weighted by molar-refractivity contribution is 6.34. The average molecular weight is 503 g/mol. The molecular weight excluding hydrogens is 472 g/mol. The van der Waals surface area contributed by atoms with Crippen LogP contribution >= 0.6 is 11.6 Å². The molecule has 2 amide bonds. The summed E-state index contributed by atoms with van der Waals surface area (Å²) in [4.78, 5) is 52.0. The lowest BCUT2D eigenvalue weighted by Crippen LogP contribution is -2.31. The summed E-state index contributed by atoms with van der Waals surface area (Å²) in [7, 11) is 1.48. The number of benzene rings is 1. The third-order valence-electron chi connectivity index (χ3n) is 4.56. The van der Waals surface area contributed by atoms with Crippen molar-refractivity contribution in [1.82, 2.24) is 4.90 Å². The first-order chi connectivity index (χ1) is 16.7. The zero-order chi connectivity index (χ0) is 27.1. The molecule has 0 unspecified atom stereocenters. The van der Waals surface area contributed by atoms with Gasteiger partial charge in [0, 0.05) is 19.3 Å². The molecule has 1 aromatic rings. The Morgan fingerprint density at radius 1 is 1.11 bits per heavy atom. The standard InChI is InChI=1S/C24H29ClN2O6.C2H2/c1-7-12-17(8-2)27(9-3)22(29)16(5)21(33-24(31)23(30)32-10-4)20-18(25)13-11-14-19(20)26(6)15-28;1-2/h7-8,11-15H,9-10H2,1-6H3;1-2H/b12-7-,17-8+,21-16-;. The van der Waals surface area contributed by atoms with Crippen LogP contribution in [0.2, 0.25) is 5.02 Å². The minimum Gasteiger partial charge on any atom is -0.458 e. The predicted molar refractivity (Wildman–Crippen MR) is 137 cm³/mol. The second-order valence-electron chi connectivity index (χ2n) is 6.68. The van der Waals surface area contributed by atoms with E-state index < -0.39 is 17.8 Å². The van der Waals surface area contributed by atoms with Crippen molar-refractivity contribution in [3.8, 4) is 12.8 Å². The molecule has 35 heavy (non-hydrogen) atoms. The minimum atomic E-state index is -1.32. The first kappa shape index (κ1) is 31.2. The molecule has 0 aliphatic rings. The van der Waals surface area contributed by atoms with E-state index in [0.717, 1.165) is 0 Å². The van der Waals surface area contributed by atoms with E-state index in [2.05, 4.69) is 12.8 Å². The molecule has 0 saturated heterocycles. The number of carbonyl (C=O) groups excluding carboxylic acids is 4. The Kier molecular flexibility index (Phi) is 14.2. The molecule has 0 fully saturated rings. The predicted octanol–water partition coefficient (Wildman–Crippen LogP) is 4.35. The number of likely N-dealkylation sites (N-methyl/N-ethyl adjacent to an activating group) is 1. The number of allylic oxidation sites excluding steroid dienone is 3. The van der Waals surface area contributed by atoms with E-state index in [4.69, 9.17) is 21.1 Å². The minimum absolute atomic E-state index is 0.00648. The van der Waals surface area contributed by atoms with E-state index in [1.807, 2.05) is 6.92 Å². The summed E-state index contributed by atoms with van der Waals surface area (Å²) in [5.74, 6) is -3.26. The summed E-state index contributed by atoms with van der Waals surface area (Å²) in [6, 6.07) is 4.69. The highest BCUT2D eigenvalue weighted by Gasteiger charge is 2.29. The number of amides is 2. The molecule has 0 atom stereocenters. The van der Waals surface area contributed by atoms with Gasteiger partial charge in [-0.15, -0.1) is 12.8 Å². The summed E-state index contributed by atoms with van der Waals surface area (Å²) in [5, 5.41) is 0.114. The van der Waals surface area contributed by atoms with Crippen LogP contribution in [0.15, 0.2) is 47.7 Å². The second-order valence-corrected chi connectivity index (χ2v) is 7.08. The smallest absolute Gasteiger partial charge is 0.422 e. The highest BCUT2D eigenvalue weighted by Crippen LogP contribution is 2.36. The van der Waals surface area contributed by atoms with Crippen LogP contribution in [0.25, 0.3) is 5.76 Å². The number of esters is 2. The molecule has 0 N–H and O–H groups in total. The quantitative estimate of drug-likeness (QED) is 0.0947.